The number of rotatable bonds is 9. The molecule has 0 aromatic heterocycles. The van der Waals surface area contributed by atoms with Gasteiger partial charge in [0.15, 0.2) is 0 Å². The summed E-state index contributed by atoms with van der Waals surface area (Å²) in [6.07, 6.45) is 1.03. The van der Waals surface area contributed by atoms with Gasteiger partial charge in [0, 0.05) is 22.6 Å². The van der Waals surface area contributed by atoms with Gasteiger partial charge >= 0.3 is 0 Å². The Morgan fingerprint density at radius 2 is 1.58 bits per heavy atom. The van der Waals surface area contributed by atoms with Gasteiger partial charge in [-0.1, -0.05) is 41.4 Å². The lowest BCUT2D eigenvalue weighted by Crippen LogP contribution is -2.52. The molecule has 0 aliphatic heterocycles. The first-order chi connectivity index (χ1) is 15.3. The third-order valence-corrected chi connectivity index (χ3v) is 6.60. The third kappa shape index (κ3) is 7.62. The molecule has 33 heavy (non-hydrogen) atoms. The number of anilines is 1. The lowest BCUT2D eigenvalue weighted by molar-refractivity contribution is -0.139. The van der Waals surface area contributed by atoms with Crippen molar-refractivity contribution < 1.29 is 18.0 Å². The molecule has 0 heterocycles. The van der Waals surface area contributed by atoms with Crippen molar-refractivity contribution in [3.63, 3.8) is 0 Å². The Kier molecular flexibility index (Phi) is 9.17. The Morgan fingerprint density at radius 3 is 2.12 bits per heavy atom. The molecular weight excluding hydrogens is 485 g/mol. The molecule has 0 aliphatic rings. The van der Waals surface area contributed by atoms with Gasteiger partial charge in [-0.25, -0.2) is 8.42 Å². The van der Waals surface area contributed by atoms with Crippen molar-refractivity contribution in [1.82, 2.24) is 10.2 Å². The van der Waals surface area contributed by atoms with E-state index in [1.54, 1.807) is 50.2 Å². The highest BCUT2D eigenvalue weighted by Crippen LogP contribution is 2.26. The Labute approximate surface area is 205 Å². The fourth-order valence-corrected chi connectivity index (χ4v) is 4.41. The van der Waals surface area contributed by atoms with E-state index < -0.39 is 28.5 Å². The van der Waals surface area contributed by atoms with Crippen LogP contribution in [-0.2, 0) is 26.2 Å². The maximum Gasteiger partial charge on any atom is 0.244 e. The highest BCUT2D eigenvalue weighted by atomic mass is 35.5. The first-order valence-corrected chi connectivity index (χ1v) is 13.0. The van der Waals surface area contributed by atoms with E-state index in [2.05, 4.69) is 5.32 Å². The Hall–Kier alpha value is -2.29. The van der Waals surface area contributed by atoms with Gasteiger partial charge in [-0.05, 0) is 63.1 Å². The van der Waals surface area contributed by atoms with Crippen LogP contribution < -0.4 is 9.62 Å². The molecule has 0 saturated carbocycles. The summed E-state index contributed by atoms with van der Waals surface area (Å²) in [4.78, 5) is 27.5. The molecule has 0 radical (unpaired) electrons. The number of halogens is 2. The number of amides is 2. The largest absolute Gasteiger partial charge is 0.352 e. The van der Waals surface area contributed by atoms with E-state index in [4.69, 9.17) is 23.2 Å². The van der Waals surface area contributed by atoms with Crippen molar-refractivity contribution in [2.45, 2.75) is 46.3 Å². The first-order valence-electron chi connectivity index (χ1n) is 10.4. The van der Waals surface area contributed by atoms with E-state index >= 15 is 0 Å². The van der Waals surface area contributed by atoms with Crippen molar-refractivity contribution >= 4 is 50.7 Å². The highest BCUT2D eigenvalue weighted by Gasteiger charge is 2.30. The average molecular weight is 514 g/mol. The molecule has 0 saturated heterocycles. The topological polar surface area (TPSA) is 86.8 Å². The average Bonchev–Trinajstić information content (AvgIpc) is 2.71. The standard InChI is InChI=1S/C23H29Cl2N3O4S/c1-15(2)26-23(30)17(4)27(13-18-7-10-19(24)11-8-18)22(29)14-28(33(5,31)32)21-12-20(25)9-6-16(21)3/h6-12,15,17H,13-14H2,1-5H3,(H,26,30)/t17-/m1/s1. The van der Waals surface area contributed by atoms with Crippen molar-refractivity contribution in [3.8, 4) is 0 Å². The van der Waals surface area contributed by atoms with Crippen LogP contribution in [0, 0.1) is 6.92 Å². The van der Waals surface area contributed by atoms with E-state index in [1.807, 2.05) is 13.8 Å². The number of carbonyl (C=O) groups excluding carboxylic acids is 2. The van der Waals surface area contributed by atoms with Crippen LogP contribution in [0.5, 0.6) is 0 Å². The van der Waals surface area contributed by atoms with Crippen LogP contribution in [0.1, 0.15) is 31.9 Å². The Bertz CT molecular complexity index is 1110. The molecular formula is C23H29Cl2N3O4S. The Balaban J connectivity index is 2.42. The van der Waals surface area contributed by atoms with Crippen LogP contribution >= 0.6 is 23.2 Å². The van der Waals surface area contributed by atoms with Crippen LogP contribution in [-0.4, -0.2) is 50.0 Å². The smallest absolute Gasteiger partial charge is 0.244 e. The van der Waals surface area contributed by atoms with Gasteiger partial charge in [0.1, 0.15) is 12.6 Å². The number of nitrogens with zero attached hydrogens (tertiary/aromatic N) is 2. The molecule has 0 unspecified atom stereocenters. The van der Waals surface area contributed by atoms with Crippen LogP contribution in [0.4, 0.5) is 5.69 Å². The minimum atomic E-state index is -3.82. The van der Waals surface area contributed by atoms with Crippen LogP contribution in [0.25, 0.3) is 0 Å². The summed E-state index contributed by atoms with van der Waals surface area (Å²) in [5.41, 5.74) is 1.71. The minimum Gasteiger partial charge on any atom is -0.352 e. The lowest BCUT2D eigenvalue weighted by atomic mass is 10.1. The molecule has 1 atom stereocenters. The van der Waals surface area contributed by atoms with Crippen molar-refractivity contribution in [3.05, 3.63) is 63.6 Å². The fraction of sp³-hybridized carbons (Fsp3) is 0.391. The molecule has 2 rings (SSSR count). The number of hydrogen-bond acceptors (Lipinski definition) is 4. The number of sulfonamides is 1. The zero-order chi connectivity index (χ0) is 24.9. The van der Waals surface area contributed by atoms with E-state index in [0.717, 1.165) is 16.1 Å². The SMILES string of the molecule is Cc1ccc(Cl)cc1N(CC(=O)N(Cc1ccc(Cl)cc1)[C@H](C)C(=O)NC(C)C)S(C)(=O)=O. The first kappa shape index (κ1) is 27.0. The van der Waals surface area contributed by atoms with Gasteiger partial charge in [0.2, 0.25) is 21.8 Å². The van der Waals surface area contributed by atoms with Crippen LogP contribution in [0.15, 0.2) is 42.5 Å². The number of carbonyl (C=O) groups is 2. The summed E-state index contributed by atoms with van der Waals surface area (Å²) in [6.45, 7) is 6.62. The van der Waals surface area contributed by atoms with Gasteiger partial charge < -0.3 is 10.2 Å². The van der Waals surface area contributed by atoms with Gasteiger partial charge in [-0.15, -0.1) is 0 Å². The summed E-state index contributed by atoms with van der Waals surface area (Å²) in [7, 11) is -3.82. The predicted octanol–water partition coefficient (Wildman–Crippen LogP) is 4.01. The molecule has 0 bridgehead atoms. The van der Waals surface area contributed by atoms with Gasteiger partial charge in [0.25, 0.3) is 0 Å². The normalized spacial score (nSPS) is 12.4. The van der Waals surface area contributed by atoms with E-state index in [-0.39, 0.29) is 18.5 Å². The van der Waals surface area contributed by atoms with Gasteiger partial charge in [0.05, 0.1) is 11.9 Å². The number of benzene rings is 2. The quantitative estimate of drug-likeness (QED) is 0.548. The van der Waals surface area contributed by atoms with E-state index in [9.17, 15) is 18.0 Å². The highest BCUT2D eigenvalue weighted by molar-refractivity contribution is 7.92. The molecule has 2 amide bonds. The summed E-state index contributed by atoms with van der Waals surface area (Å²) >= 11 is 12.1. The Morgan fingerprint density at radius 1 is 1.00 bits per heavy atom. The molecule has 0 spiro atoms. The van der Waals surface area contributed by atoms with Crippen molar-refractivity contribution in [1.29, 1.82) is 0 Å². The molecule has 180 valence electrons. The number of hydrogen-bond donors (Lipinski definition) is 1. The molecule has 2 aromatic rings. The molecule has 10 heteroatoms. The summed E-state index contributed by atoms with van der Waals surface area (Å²) in [5.74, 6) is -0.863. The number of aryl methyl sites for hydroxylation is 1. The van der Waals surface area contributed by atoms with Crippen LogP contribution in [0.2, 0.25) is 10.0 Å². The minimum absolute atomic E-state index is 0.106. The maximum absolute atomic E-state index is 13.5. The monoisotopic (exact) mass is 513 g/mol. The summed E-state index contributed by atoms with van der Waals surface area (Å²) in [6, 6.07) is 10.8. The van der Waals surface area contributed by atoms with Gasteiger partial charge in [-0.3, -0.25) is 13.9 Å². The molecule has 1 N–H and O–H groups in total. The van der Waals surface area contributed by atoms with Crippen molar-refractivity contribution in [2.24, 2.45) is 0 Å². The third-order valence-electron chi connectivity index (χ3n) is 4.98. The second-order valence-corrected chi connectivity index (χ2v) is 11.0. The molecule has 2 aromatic carbocycles. The predicted molar refractivity (Wildman–Crippen MR) is 133 cm³/mol. The summed E-state index contributed by atoms with van der Waals surface area (Å²) < 4.78 is 26.2. The van der Waals surface area contributed by atoms with Crippen LogP contribution in [0.3, 0.4) is 0 Å². The van der Waals surface area contributed by atoms with E-state index in [1.165, 1.54) is 11.0 Å². The fourth-order valence-electron chi connectivity index (χ4n) is 3.22. The molecule has 0 fully saturated rings. The second kappa shape index (κ2) is 11.2. The zero-order valence-corrected chi connectivity index (χ0v) is 21.6. The molecule has 7 nitrogen and oxygen atoms in total. The van der Waals surface area contributed by atoms with Gasteiger partial charge in [-0.2, -0.15) is 0 Å². The lowest BCUT2D eigenvalue weighted by Gasteiger charge is -2.32. The molecule has 0 aliphatic carbocycles. The summed E-state index contributed by atoms with van der Waals surface area (Å²) in [5, 5.41) is 3.69. The van der Waals surface area contributed by atoms with Crippen molar-refractivity contribution in [2.75, 3.05) is 17.1 Å². The zero-order valence-electron chi connectivity index (χ0n) is 19.3. The van der Waals surface area contributed by atoms with E-state index in [0.29, 0.717) is 21.3 Å². The maximum atomic E-state index is 13.5. The number of nitrogens with one attached hydrogen (secondary N) is 1. The second-order valence-electron chi connectivity index (χ2n) is 8.19.